The number of hydrogen-bond donors (Lipinski definition) is 1. The molecule has 1 N–H and O–H groups in total. The fraction of sp³-hybridized carbons (Fsp3) is 0.333. The highest BCUT2D eigenvalue weighted by atomic mass is 19.1. The molecule has 1 rings (SSSR count). The Balaban J connectivity index is 2.83. The van der Waals surface area contributed by atoms with Gasteiger partial charge in [0.15, 0.2) is 0 Å². The van der Waals surface area contributed by atoms with Crippen molar-refractivity contribution in [1.82, 2.24) is 5.32 Å². The van der Waals surface area contributed by atoms with Crippen LogP contribution in [-0.4, -0.2) is 7.05 Å². The highest BCUT2D eigenvalue weighted by molar-refractivity contribution is 5.26. The molecule has 0 bridgehead atoms. The largest absolute Gasteiger partial charge is 0.316 e. The van der Waals surface area contributed by atoms with Crippen LogP contribution in [-0.2, 0) is 13.2 Å². The lowest BCUT2D eigenvalue weighted by Crippen LogP contribution is -2.06. The Hall–Kier alpha value is -0.890. The molecule has 2 heteroatoms. The van der Waals surface area contributed by atoms with Gasteiger partial charge in [0.2, 0.25) is 0 Å². The van der Waals surface area contributed by atoms with Gasteiger partial charge < -0.3 is 5.32 Å². The highest BCUT2D eigenvalue weighted by Gasteiger charge is 1.97. The number of nitrogens with one attached hydrogen (secondary N) is 1. The minimum atomic E-state index is -0.377. The molecule has 0 unspecified atom stereocenters. The summed E-state index contributed by atoms with van der Waals surface area (Å²) in [5.74, 6) is 0. The molecular weight excluding hydrogens is 141 g/mol. The van der Waals surface area contributed by atoms with Crippen molar-refractivity contribution >= 4 is 0 Å². The quantitative estimate of drug-likeness (QED) is 0.699. The third-order valence-corrected chi connectivity index (χ3v) is 1.63. The molecule has 0 saturated heterocycles. The van der Waals surface area contributed by atoms with Gasteiger partial charge in [-0.05, 0) is 18.2 Å². The van der Waals surface area contributed by atoms with Crippen LogP contribution in [0.1, 0.15) is 11.1 Å². The van der Waals surface area contributed by atoms with Crippen molar-refractivity contribution in [2.24, 2.45) is 0 Å². The summed E-state index contributed by atoms with van der Waals surface area (Å²) in [5, 5.41) is 2.99. The standard InChI is InChI=1S/C9H12FN/c1-11-7-9-5-3-2-4-8(9)6-10/h2-5,11H,6-7H2,1H3. The molecule has 0 amide bonds. The fourth-order valence-electron chi connectivity index (χ4n) is 1.05. The van der Waals surface area contributed by atoms with Crippen molar-refractivity contribution < 1.29 is 4.39 Å². The average molecular weight is 153 g/mol. The SMILES string of the molecule is CNCc1ccccc1CF. The summed E-state index contributed by atoms with van der Waals surface area (Å²) in [4.78, 5) is 0. The first-order valence-electron chi connectivity index (χ1n) is 3.66. The van der Waals surface area contributed by atoms with E-state index in [0.717, 1.165) is 17.7 Å². The topological polar surface area (TPSA) is 12.0 Å². The molecule has 0 aliphatic carbocycles. The van der Waals surface area contributed by atoms with Crippen LogP contribution < -0.4 is 5.32 Å². The van der Waals surface area contributed by atoms with Crippen LogP contribution in [0.4, 0.5) is 4.39 Å². The predicted octanol–water partition coefficient (Wildman–Crippen LogP) is 1.88. The summed E-state index contributed by atoms with van der Waals surface area (Å²) in [6.45, 7) is 0.359. The van der Waals surface area contributed by atoms with Crippen LogP contribution >= 0.6 is 0 Å². The maximum atomic E-state index is 12.3. The van der Waals surface area contributed by atoms with Crippen LogP contribution in [0.3, 0.4) is 0 Å². The fourth-order valence-corrected chi connectivity index (χ4v) is 1.05. The van der Waals surface area contributed by atoms with E-state index < -0.39 is 0 Å². The van der Waals surface area contributed by atoms with Crippen LogP contribution in [0.15, 0.2) is 24.3 Å². The minimum absolute atomic E-state index is 0.377. The number of alkyl halides is 1. The van der Waals surface area contributed by atoms with Crippen LogP contribution in [0.25, 0.3) is 0 Å². The van der Waals surface area contributed by atoms with Gasteiger partial charge in [-0.2, -0.15) is 0 Å². The molecule has 60 valence electrons. The number of halogens is 1. The zero-order valence-corrected chi connectivity index (χ0v) is 6.60. The lowest BCUT2D eigenvalue weighted by molar-refractivity contribution is 0.481. The zero-order chi connectivity index (χ0) is 8.10. The van der Waals surface area contributed by atoms with Crippen LogP contribution in [0.5, 0.6) is 0 Å². The van der Waals surface area contributed by atoms with Crippen molar-refractivity contribution in [3.05, 3.63) is 35.4 Å². The third kappa shape index (κ3) is 2.02. The summed E-state index contributed by atoms with van der Waals surface area (Å²) in [6.07, 6.45) is 0. The van der Waals surface area contributed by atoms with E-state index in [1.807, 2.05) is 31.3 Å². The predicted molar refractivity (Wildman–Crippen MR) is 44.0 cm³/mol. The molecule has 1 aromatic carbocycles. The average Bonchev–Trinajstić information content (AvgIpc) is 2.06. The van der Waals surface area contributed by atoms with Gasteiger partial charge in [0.05, 0.1) is 0 Å². The Morgan fingerprint density at radius 3 is 2.45 bits per heavy atom. The Morgan fingerprint density at radius 2 is 1.91 bits per heavy atom. The van der Waals surface area contributed by atoms with E-state index in [-0.39, 0.29) is 6.67 Å². The third-order valence-electron chi connectivity index (χ3n) is 1.63. The number of benzene rings is 1. The van der Waals surface area contributed by atoms with E-state index in [9.17, 15) is 4.39 Å². The summed E-state index contributed by atoms with van der Waals surface area (Å²) in [5.41, 5.74) is 1.82. The van der Waals surface area contributed by atoms with Gasteiger partial charge in [-0.25, -0.2) is 4.39 Å². The first kappa shape index (κ1) is 8.21. The lowest BCUT2D eigenvalue weighted by Gasteiger charge is -2.03. The Morgan fingerprint density at radius 1 is 1.27 bits per heavy atom. The molecule has 11 heavy (non-hydrogen) atoms. The monoisotopic (exact) mass is 153 g/mol. The van der Waals surface area contributed by atoms with Crippen molar-refractivity contribution in [2.75, 3.05) is 7.05 Å². The lowest BCUT2D eigenvalue weighted by atomic mass is 10.1. The molecule has 0 radical (unpaired) electrons. The van der Waals surface area contributed by atoms with E-state index in [2.05, 4.69) is 5.32 Å². The Bertz CT molecular complexity index is 223. The van der Waals surface area contributed by atoms with Gasteiger partial charge in [0.1, 0.15) is 6.67 Å². The van der Waals surface area contributed by atoms with Crippen LogP contribution in [0.2, 0.25) is 0 Å². The highest BCUT2D eigenvalue weighted by Crippen LogP contribution is 2.09. The second-order valence-electron chi connectivity index (χ2n) is 2.43. The van der Waals surface area contributed by atoms with Crippen molar-refractivity contribution in [1.29, 1.82) is 0 Å². The first-order valence-corrected chi connectivity index (χ1v) is 3.66. The summed E-state index contributed by atoms with van der Waals surface area (Å²) in [7, 11) is 1.86. The second-order valence-corrected chi connectivity index (χ2v) is 2.43. The van der Waals surface area contributed by atoms with E-state index >= 15 is 0 Å². The van der Waals surface area contributed by atoms with Gasteiger partial charge in [-0.1, -0.05) is 24.3 Å². The maximum Gasteiger partial charge on any atom is 0.115 e. The molecular formula is C9H12FN. The zero-order valence-electron chi connectivity index (χ0n) is 6.60. The molecule has 1 nitrogen and oxygen atoms in total. The number of rotatable bonds is 3. The second kappa shape index (κ2) is 4.09. The van der Waals surface area contributed by atoms with E-state index in [0.29, 0.717) is 0 Å². The maximum absolute atomic E-state index is 12.3. The van der Waals surface area contributed by atoms with E-state index in [4.69, 9.17) is 0 Å². The van der Waals surface area contributed by atoms with Crippen molar-refractivity contribution in [3.8, 4) is 0 Å². The minimum Gasteiger partial charge on any atom is -0.316 e. The molecule has 0 aliphatic heterocycles. The van der Waals surface area contributed by atoms with E-state index in [1.54, 1.807) is 0 Å². The normalized spacial score (nSPS) is 10.0. The van der Waals surface area contributed by atoms with Crippen LogP contribution in [0, 0.1) is 0 Å². The van der Waals surface area contributed by atoms with Gasteiger partial charge in [-0.15, -0.1) is 0 Å². The molecule has 0 fully saturated rings. The van der Waals surface area contributed by atoms with Crippen molar-refractivity contribution in [2.45, 2.75) is 13.2 Å². The van der Waals surface area contributed by atoms with Gasteiger partial charge >= 0.3 is 0 Å². The summed E-state index contributed by atoms with van der Waals surface area (Å²) < 4.78 is 12.3. The molecule has 0 spiro atoms. The summed E-state index contributed by atoms with van der Waals surface area (Å²) in [6, 6.07) is 7.53. The van der Waals surface area contributed by atoms with Crippen molar-refractivity contribution in [3.63, 3.8) is 0 Å². The smallest absolute Gasteiger partial charge is 0.115 e. The Kier molecular flexibility index (Phi) is 3.05. The molecule has 0 atom stereocenters. The summed E-state index contributed by atoms with van der Waals surface area (Å²) >= 11 is 0. The van der Waals surface area contributed by atoms with Gasteiger partial charge in [0.25, 0.3) is 0 Å². The molecule has 0 heterocycles. The van der Waals surface area contributed by atoms with Gasteiger partial charge in [0, 0.05) is 6.54 Å². The first-order chi connectivity index (χ1) is 5.38. The molecule has 0 aromatic heterocycles. The molecule has 0 aliphatic rings. The molecule has 0 saturated carbocycles. The van der Waals surface area contributed by atoms with Gasteiger partial charge in [-0.3, -0.25) is 0 Å². The number of hydrogen-bond acceptors (Lipinski definition) is 1. The molecule has 1 aromatic rings. The Labute approximate surface area is 66.2 Å². The van der Waals surface area contributed by atoms with E-state index in [1.165, 1.54) is 0 Å².